The third kappa shape index (κ3) is 3.22. The van der Waals surface area contributed by atoms with Crippen molar-refractivity contribution >= 4 is 5.91 Å². The zero-order valence-corrected chi connectivity index (χ0v) is 13.4. The van der Waals surface area contributed by atoms with E-state index in [9.17, 15) is 9.90 Å². The predicted molar refractivity (Wildman–Crippen MR) is 85.9 cm³/mol. The van der Waals surface area contributed by atoms with Gasteiger partial charge in [-0.15, -0.1) is 0 Å². The minimum atomic E-state index is -0.227. The molecule has 3 rings (SSSR count). The maximum absolute atomic E-state index is 12.2. The Morgan fingerprint density at radius 2 is 2.22 bits per heavy atom. The molecule has 6 heteroatoms. The molecule has 6 nitrogen and oxygen atoms in total. The van der Waals surface area contributed by atoms with Gasteiger partial charge in [-0.1, -0.05) is 6.07 Å². The van der Waals surface area contributed by atoms with Crippen molar-refractivity contribution < 1.29 is 14.6 Å². The highest BCUT2D eigenvalue weighted by Gasteiger charge is 2.42. The molecule has 1 aromatic carbocycles. The number of hydrogen-bond acceptors (Lipinski definition) is 4. The number of ether oxygens (including phenoxy) is 1. The van der Waals surface area contributed by atoms with Gasteiger partial charge in [-0.25, -0.2) is 4.68 Å². The van der Waals surface area contributed by atoms with Gasteiger partial charge >= 0.3 is 0 Å². The lowest BCUT2D eigenvalue weighted by Gasteiger charge is -2.12. The number of aliphatic hydroxyl groups excluding tert-OH is 1. The molecule has 0 aliphatic heterocycles. The van der Waals surface area contributed by atoms with Crippen LogP contribution in [0.2, 0.25) is 0 Å². The highest BCUT2D eigenvalue weighted by Crippen LogP contribution is 2.44. The SMILES string of the molecule is COc1ccc(C)cc1-n1ccc(C(=O)NCC2(CO)CC2)n1. The number of aromatic nitrogens is 2. The molecule has 0 atom stereocenters. The fourth-order valence-electron chi connectivity index (χ4n) is 2.48. The normalized spacial score (nSPS) is 15.3. The van der Waals surface area contributed by atoms with Crippen molar-refractivity contribution in [1.29, 1.82) is 0 Å². The molecule has 0 radical (unpaired) electrons. The number of nitrogens with one attached hydrogen (secondary N) is 1. The third-order valence-electron chi connectivity index (χ3n) is 4.32. The van der Waals surface area contributed by atoms with Gasteiger partial charge in [0.2, 0.25) is 0 Å². The Kier molecular flexibility index (Phi) is 4.09. The van der Waals surface area contributed by atoms with Crippen molar-refractivity contribution in [2.75, 3.05) is 20.3 Å². The first-order valence-electron chi connectivity index (χ1n) is 7.67. The summed E-state index contributed by atoms with van der Waals surface area (Å²) < 4.78 is 6.99. The van der Waals surface area contributed by atoms with Gasteiger partial charge in [-0.2, -0.15) is 5.10 Å². The van der Waals surface area contributed by atoms with Crippen LogP contribution in [0, 0.1) is 12.3 Å². The Morgan fingerprint density at radius 1 is 1.43 bits per heavy atom. The van der Waals surface area contributed by atoms with Crippen LogP contribution >= 0.6 is 0 Å². The van der Waals surface area contributed by atoms with Crippen LogP contribution < -0.4 is 10.1 Å². The number of hydrogen-bond donors (Lipinski definition) is 2. The summed E-state index contributed by atoms with van der Waals surface area (Å²) in [7, 11) is 1.61. The minimum absolute atomic E-state index is 0.113. The van der Waals surface area contributed by atoms with E-state index in [0.29, 0.717) is 18.0 Å². The predicted octanol–water partition coefficient (Wildman–Crippen LogP) is 1.69. The first kappa shape index (κ1) is 15.6. The molecule has 1 saturated carbocycles. The van der Waals surface area contributed by atoms with E-state index in [1.165, 1.54) is 0 Å². The fourth-order valence-corrected chi connectivity index (χ4v) is 2.48. The number of nitrogens with zero attached hydrogens (tertiary/aromatic N) is 2. The van der Waals surface area contributed by atoms with E-state index < -0.39 is 0 Å². The number of carbonyl (C=O) groups is 1. The van der Waals surface area contributed by atoms with E-state index in [0.717, 1.165) is 24.1 Å². The molecule has 0 spiro atoms. The van der Waals surface area contributed by atoms with E-state index in [4.69, 9.17) is 4.74 Å². The minimum Gasteiger partial charge on any atom is -0.494 e. The van der Waals surface area contributed by atoms with E-state index in [1.807, 2.05) is 25.1 Å². The molecular weight excluding hydrogens is 294 g/mol. The summed E-state index contributed by atoms with van der Waals surface area (Å²) in [6.07, 6.45) is 3.66. The van der Waals surface area contributed by atoms with Gasteiger partial charge in [0, 0.05) is 18.2 Å². The first-order valence-corrected chi connectivity index (χ1v) is 7.67. The molecule has 1 aliphatic rings. The third-order valence-corrected chi connectivity index (χ3v) is 4.32. The van der Waals surface area contributed by atoms with Crippen LogP contribution in [0.1, 0.15) is 28.9 Å². The Hall–Kier alpha value is -2.34. The molecular formula is C17H21N3O3. The van der Waals surface area contributed by atoms with Gasteiger partial charge in [0.15, 0.2) is 5.69 Å². The number of methoxy groups -OCH3 is 1. The van der Waals surface area contributed by atoms with Crippen molar-refractivity contribution in [3.05, 3.63) is 41.7 Å². The van der Waals surface area contributed by atoms with Crippen LogP contribution in [0.25, 0.3) is 5.69 Å². The van der Waals surface area contributed by atoms with E-state index in [2.05, 4.69) is 10.4 Å². The topological polar surface area (TPSA) is 76.4 Å². The second-order valence-corrected chi connectivity index (χ2v) is 6.16. The zero-order chi connectivity index (χ0) is 16.4. The molecule has 1 heterocycles. The van der Waals surface area contributed by atoms with Gasteiger partial charge in [0.25, 0.3) is 5.91 Å². The highest BCUT2D eigenvalue weighted by molar-refractivity contribution is 5.92. The summed E-state index contributed by atoms with van der Waals surface area (Å²) in [5, 5.41) is 16.5. The lowest BCUT2D eigenvalue weighted by atomic mass is 10.1. The van der Waals surface area contributed by atoms with Gasteiger partial charge in [0.1, 0.15) is 11.4 Å². The smallest absolute Gasteiger partial charge is 0.271 e. The standard InChI is InChI=1S/C17H21N3O3/c1-12-3-4-15(23-2)14(9-12)20-8-5-13(19-20)16(22)18-10-17(11-21)6-7-17/h3-5,8-9,21H,6-7,10-11H2,1-2H3,(H,18,22). The molecule has 1 fully saturated rings. The summed E-state index contributed by atoms with van der Waals surface area (Å²) in [5.41, 5.74) is 2.11. The van der Waals surface area contributed by atoms with Crippen LogP contribution in [0.3, 0.4) is 0 Å². The summed E-state index contributed by atoms with van der Waals surface area (Å²) in [6, 6.07) is 7.47. The Bertz CT molecular complexity index is 720. The van der Waals surface area contributed by atoms with Gasteiger partial charge in [-0.3, -0.25) is 4.79 Å². The quantitative estimate of drug-likeness (QED) is 0.850. The van der Waals surface area contributed by atoms with Crippen molar-refractivity contribution in [2.45, 2.75) is 19.8 Å². The van der Waals surface area contributed by atoms with E-state index >= 15 is 0 Å². The second-order valence-electron chi connectivity index (χ2n) is 6.16. The number of benzene rings is 1. The Labute approximate surface area is 135 Å². The molecule has 1 aliphatic carbocycles. The number of aliphatic hydroxyl groups is 1. The highest BCUT2D eigenvalue weighted by atomic mass is 16.5. The second kappa shape index (κ2) is 6.04. The number of amides is 1. The summed E-state index contributed by atoms with van der Waals surface area (Å²) in [4.78, 5) is 12.2. The van der Waals surface area contributed by atoms with Crippen molar-refractivity contribution in [3.8, 4) is 11.4 Å². The van der Waals surface area contributed by atoms with Crippen LogP contribution in [-0.4, -0.2) is 41.1 Å². The van der Waals surface area contributed by atoms with Crippen molar-refractivity contribution in [2.24, 2.45) is 5.41 Å². The molecule has 1 aromatic heterocycles. The molecule has 2 N–H and O–H groups in total. The van der Waals surface area contributed by atoms with Crippen LogP contribution in [0.5, 0.6) is 5.75 Å². The summed E-state index contributed by atoms with van der Waals surface area (Å²) in [5.74, 6) is 0.470. The molecule has 0 bridgehead atoms. The number of carbonyl (C=O) groups excluding carboxylic acids is 1. The van der Waals surface area contributed by atoms with E-state index in [1.54, 1.807) is 24.1 Å². The molecule has 0 saturated heterocycles. The maximum atomic E-state index is 12.2. The van der Waals surface area contributed by atoms with Gasteiger partial charge in [0.05, 0.1) is 13.7 Å². The van der Waals surface area contributed by atoms with Crippen molar-refractivity contribution in [1.82, 2.24) is 15.1 Å². The van der Waals surface area contributed by atoms with Crippen molar-refractivity contribution in [3.63, 3.8) is 0 Å². The van der Waals surface area contributed by atoms with Crippen LogP contribution in [0.15, 0.2) is 30.5 Å². The fraction of sp³-hybridized carbons (Fsp3) is 0.412. The molecule has 122 valence electrons. The molecule has 1 amide bonds. The zero-order valence-electron chi connectivity index (χ0n) is 13.4. The number of rotatable bonds is 6. The maximum Gasteiger partial charge on any atom is 0.271 e. The molecule has 23 heavy (non-hydrogen) atoms. The lowest BCUT2D eigenvalue weighted by Crippen LogP contribution is -2.32. The average molecular weight is 315 g/mol. The first-order chi connectivity index (χ1) is 11.1. The summed E-state index contributed by atoms with van der Waals surface area (Å²) in [6.45, 7) is 2.59. The molecule has 0 unspecified atom stereocenters. The Balaban J connectivity index is 1.75. The van der Waals surface area contributed by atoms with Gasteiger partial charge in [-0.05, 0) is 43.5 Å². The average Bonchev–Trinajstić information content (AvgIpc) is 3.18. The monoisotopic (exact) mass is 315 g/mol. The van der Waals surface area contributed by atoms with E-state index in [-0.39, 0.29) is 17.9 Å². The van der Waals surface area contributed by atoms with Crippen LogP contribution in [-0.2, 0) is 0 Å². The molecule has 2 aromatic rings. The lowest BCUT2D eigenvalue weighted by molar-refractivity contribution is 0.0929. The van der Waals surface area contributed by atoms with Crippen LogP contribution in [0.4, 0.5) is 0 Å². The Morgan fingerprint density at radius 3 is 2.87 bits per heavy atom. The largest absolute Gasteiger partial charge is 0.494 e. The van der Waals surface area contributed by atoms with Gasteiger partial charge < -0.3 is 15.2 Å². The number of aryl methyl sites for hydroxylation is 1. The summed E-state index contributed by atoms with van der Waals surface area (Å²) >= 11 is 0.